The number of H-pyrrole nitrogens is 1. The van der Waals surface area contributed by atoms with Gasteiger partial charge in [-0.1, -0.05) is 0 Å². The van der Waals surface area contributed by atoms with Crippen LogP contribution in [0.1, 0.15) is 17.7 Å². The van der Waals surface area contributed by atoms with Crippen LogP contribution in [0.2, 0.25) is 0 Å². The second kappa shape index (κ2) is 4.06. The molecule has 0 spiro atoms. The third-order valence-corrected chi connectivity index (χ3v) is 2.39. The lowest BCUT2D eigenvalue weighted by atomic mass is 10.2. The normalized spacial score (nSPS) is 12.2. The standard InChI is InChI=1S/C7H3F5INO/c8-5(9)2-1-3(13)4(7(10,11)12)14-6(2)15/h1,5H,(H,14,15). The van der Waals surface area contributed by atoms with Crippen LogP contribution in [-0.2, 0) is 6.18 Å². The lowest BCUT2D eigenvalue weighted by Gasteiger charge is -2.09. The lowest BCUT2D eigenvalue weighted by Crippen LogP contribution is -2.21. The number of halogens is 6. The van der Waals surface area contributed by atoms with Gasteiger partial charge in [-0.3, -0.25) is 4.79 Å². The van der Waals surface area contributed by atoms with E-state index in [-0.39, 0.29) is 0 Å². The molecule has 1 N–H and O–H groups in total. The van der Waals surface area contributed by atoms with Gasteiger partial charge in [-0.2, -0.15) is 13.2 Å². The van der Waals surface area contributed by atoms with Crippen molar-refractivity contribution in [2.45, 2.75) is 12.6 Å². The fourth-order valence-corrected chi connectivity index (χ4v) is 1.66. The van der Waals surface area contributed by atoms with Gasteiger partial charge in [-0.25, -0.2) is 8.78 Å². The highest BCUT2D eigenvalue weighted by atomic mass is 127. The molecule has 0 amide bonds. The summed E-state index contributed by atoms with van der Waals surface area (Å²) >= 11 is 1.24. The number of alkyl halides is 5. The average Bonchev–Trinajstić information content (AvgIpc) is 2.06. The van der Waals surface area contributed by atoms with Crippen molar-refractivity contribution in [3.8, 4) is 0 Å². The molecule has 0 fully saturated rings. The molecule has 0 saturated carbocycles. The Balaban J connectivity index is 3.39. The van der Waals surface area contributed by atoms with Gasteiger partial charge in [-0.05, 0) is 28.7 Å². The Kier molecular flexibility index (Phi) is 3.36. The number of nitrogens with one attached hydrogen (secondary N) is 1. The predicted octanol–water partition coefficient (Wildman–Crippen LogP) is 2.94. The highest BCUT2D eigenvalue weighted by Gasteiger charge is 2.35. The van der Waals surface area contributed by atoms with E-state index in [4.69, 9.17) is 0 Å². The van der Waals surface area contributed by atoms with Crippen LogP contribution in [-0.4, -0.2) is 4.98 Å². The largest absolute Gasteiger partial charge is 0.432 e. The molecule has 0 atom stereocenters. The summed E-state index contributed by atoms with van der Waals surface area (Å²) in [6.07, 6.45) is -7.85. The van der Waals surface area contributed by atoms with E-state index in [0.29, 0.717) is 6.07 Å². The minimum absolute atomic E-state index is 0.463. The number of rotatable bonds is 1. The van der Waals surface area contributed by atoms with E-state index in [1.807, 2.05) is 0 Å². The van der Waals surface area contributed by atoms with Crippen LogP contribution in [0, 0.1) is 3.57 Å². The summed E-state index contributed by atoms with van der Waals surface area (Å²) in [6.45, 7) is 0. The van der Waals surface area contributed by atoms with Crippen LogP contribution in [0.25, 0.3) is 0 Å². The Bertz CT molecular complexity index is 424. The summed E-state index contributed by atoms with van der Waals surface area (Å²) in [6, 6.07) is 0.535. The molecule has 1 rings (SSSR count). The number of hydrogen-bond acceptors (Lipinski definition) is 1. The molecule has 2 nitrogen and oxygen atoms in total. The van der Waals surface area contributed by atoms with Gasteiger partial charge < -0.3 is 4.98 Å². The van der Waals surface area contributed by atoms with Gasteiger partial charge in [0.15, 0.2) is 0 Å². The summed E-state index contributed by atoms with van der Waals surface area (Å²) in [4.78, 5) is 12.2. The molecular formula is C7H3F5INO. The molecule has 0 saturated heterocycles. The van der Waals surface area contributed by atoms with Crippen molar-refractivity contribution < 1.29 is 22.0 Å². The average molecular weight is 339 g/mol. The first kappa shape index (κ1) is 12.4. The zero-order chi connectivity index (χ0) is 11.8. The van der Waals surface area contributed by atoms with Gasteiger partial charge in [-0.15, -0.1) is 0 Å². The summed E-state index contributed by atoms with van der Waals surface area (Å²) in [5.41, 5.74) is -3.69. The van der Waals surface area contributed by atoms with Crippen LogP contribution < -0.4 is 5.56 Å². The van der Waals surface area contributed by atoms with Gasteiger partial charge in [0.05, 0.1) is 5.56 Å². The molecule has 15 heavy (non-hydrogen) atoms. The molecule has 1 heterocycles. The van der Waals surface area contributed by atoms with E-state index < -0.39 is 33.0 Å². The molecule has 0 aliphatic heterocycles. The molecule has 0 bridgehead atoms. The highest BCUT2D eigenvalue weighted by Crippen LogP contribution is 2.31. The summed E-state index contributed by atoms with van der Waals surface area (Å²) in [7, 11) is 0. The van der Waals surface area contributed by atoms with Gasteiger partial charge in [0, 0.05) is 3.57 Å². The Labute approximate surface area is 93.6 Å². The molecule has 1 aromatic rings. The van der Waals surface area contributed by atoms with Gasteiger partial charge in [0.1, 0.15) is 5.69 Å². The van der Waals surface area contributed by atoms with Crippen molar-refractivity contribution in [3.05, 3.63) is 31.2 Å². The first-order chi connectivity index (χ1) is 6.73. The molecule has 1 aromatic heterocycles. The maximum absolute atomic E-state index is 12.2. The van der Waals surface area contributed by atoms with Crippen molar-refractivity contribution in [3.63, 3.8) is 0 Å². The minimum Gasteiger partial charge on any atom is -0.317 e. The highest BCUT2D eigenvalue weighted by molar-refractivity contribution is 14.1. The number of aromatic amines is 1. The lowest BCUT2D eigenvalue weighted by molar-refractivity contribution is -0.142. The number of aromatic nitrogens is 1. The number of pyridine rings is 1. The van der Waals surface area contributed by atoms with Crippen molar-refractivity contribution in [2.75, 3.05) is 0 Å². The Morgan fingerprint density at radius 3 is 2.27 bits per heavy atom. The number of hydrogen-bond donors (Lipinski definition) is 1. The molecule has 0 aliphatic rings. The summed E-state index contributed by atoms with van der Waals surface area (Å²) < 4.78 is 60.4. The Morgan fingerprint density at radius 1 is 1.33 bits per heavy atom. The van der Waals surface area contributed by atoms with Gasteiger partial charge >= 0.3 is 6.18 Å². The van der Waals surface area contributed by atoms with Crippen LogP contribution in [0.5, 0.6) is 0 Å². The monoisotopic (exact) mass is 339 g/mol. The SMILES string of the molecule is O=c1[nH]c(C(F)(F)F)c(I)cc1C(F)F. The second-order valence-corrected chi connectivity index (χ2v) is 3.74. The Morgan fingerprint density at radius 2 is 1.87 bits per heavy atom. The maximum Gasteiger partial charge on any atom is 0.432 e. The first-order valence-corrected chi connectivity index (χ1v) is 4.59. The topological polar surface area (TPSA) is 32.9 Å². The van der Waals surface area contributed by atoms with Crippen LogP contribution >= 0.6 is 22.6 Å². The van der Waals surface area contributed by atoms with E-state index in [0.717, 1.165) is 0 Å². The molecule has 0 aromatic carbocycles. The fraction of sp³-hybridized carbons (Fsp3) is 0.286. The molecule has 0 unspecified atom stereocenters. The fourth-order valence-electron chi connectivity index (χ4n) is 0.888. The first-order valence-electron chi connectivity index (χ1n) is 3.51. The molecule has 0 aliphatic carbocycles. The Hall–Kier alpha value is -0.670. The van der Waals surface area contributed by atoms with Gasteiger partial charge in [0.2, 0.25) is 0 Å². The molecular weight excluding hydrogens is 336 g/mol. The predicted molar refractivity (Wildman–Crippen MR) is 49.7 cm³/mol. The van der Waals surface area contributed by atoms with Crippen LogP contribution in [0.4, 0.5) is 22.0 Å². The van der Waals surface area contributed by atoms with Crippen molar-refractivity contribution in [1.29, 1.82) is 0 Å². The van der Waals surface area contributed by atoms with Crippen molar-refractivity contribution >= 4 is 22.6 Å². The van der Waals surface area contributed by atoms with Crippen LogP contribution in [0.3, 0.4) is 0 Å². The van der Waals surface area contributed by atoms with E-state index in [9.17, 15) is 26.7 Å². The quantitative estimate of drug-likeness (QED) is 0.619. The van der Waals surface area contributed by atoms with Crippen LogP contribution in [0.15, 0.2) is 10.9 Å². The van der Waals surface area contributed by atoms with Gasteiger partial charge in [0.25, 0.3) is 12.0 Å². The van der Waals surface area contributed by atoms with E-state index in [1.165, 1.54) is 27.6 Å². The zero-order valence-electron chi connectivity index (χ0n) is 6.83. The molecule has 84 valence electrons. The maximum atomic E-state index is 12.2. The second-order valence-electron chi connectivity index (χ2n) is 2.58. The third-order valence-electron chi connectivity index (χ3n) is 1.54. The van der Waals surface area contributed by atoms with E-state index in [1.54, 1.807) is 0 Å². The smallest absolute Gasteiger partial charge is 0.317 e. The van der Waals surface area contributed by atoms with Crippen molar-refractivity contribution in [1.82, 2.24) is 4.98 Å². The minimum atomic E-state index is -4.75. The molecule has 0 radical (unpaired) electrons. The summed E-state index contributed by atoms with van der Waals surface area (Å²) in [5.74, 6) is 0. The summed E-state index contributed by atoms with van der Waals surface area (Å²) in [5, 5.41) is 0. The van der Waals surface area contributed by atoms with Crippen molar-refractivity contribution in [2.24, 2.45) is 0 Å². The third kappa shape index (κ3) is 2.67. The molecule has 8 heteroatoms. The zero-order valence-corrected chi connectivity index (χ0v) is 8.99. The van der Waals surface area contributed by atoms with E-state index in [2.05, 4.69) is 0 Å². The van der Waals surface area contributed by atoms with E-state index >= 15 is 0 Å².